The molecule has 0 aliphatic carbocycles. The summed E-state index contributed by atoms with van der Waals surface area (Å²) in [6.45, 7) is 9.70. The number of hydrogen-bond acceptors (Lipinski definition) is 6. The van der Waals surface area contributed by atoms with Crippen molar-refractivity contribution in [2.75, 3.05) is 0 Å². The molecule has 0 amide bonds. The fourth-order valence-corrected chi connectivity index (χ4v) is 3.13. The molecular formula is C14H20N4OS2. The monoisotopic (exact) mass is 324 g/mol. The Morgan fingerprint density at radius 1 is 1.38 bits per heavy atom. The van der Waals surface area contributed by atoms with Crippen LogP contribution in [0.25, 0.3) is 11.4 Å². The molecule has 0 aliphatic rings. The highest BCUT2D eigenvalue weighted by Crippen LogP contribution is 2.24. The van der Waals surface area contributed by atoms with Gasteiger partial charge < -0.3 is 4.55 Å². The average Bonchev–Trinajstić information content (AvgIpc) is 2.87. The van der Waals surface area contributed by atoms with Crippen LogP contribution >= 0.6 is 11.5 Å². The van der Waals surface area contributed by atoms with Crippen molar-refractivity contribution in [1.82, 2.24) is 19.1 Å². The molecule has 0 spiro atoms. The van der Waals surface area contributed by atoms with Gasteiger partial charge in [0.1, 0.15) is 15.8 Å². The summed E-state index contributed by atoms with van der Waals surface area (Å²) >= 11 is 0.205. The standard InChI is InChI=1S/C14H20N4OS2/c1-9-8-11(6-7-15-9)12-16-13(20-17-12)10(2)18-21(19)14(3,4)5/h6-8,10,18H,1-5H3/t10-,21?/m1/s1. The smallest absolute Gasteiger partial charge is 0.173 e. The van der Waals surface area contributed by atoms with Crippen molar-refractivity contribution in [3.63, 3.8) is 0 Å². The second-order valence-corrected chi connectivity index (χ2v) is 8.64. The van der Waals surface area contributed by atoms with E-state index in [-0.39, 0.29) is 10.8 Å². The van der Waals surface area contributed by atoms with Gasteiger partial charge in [0.15, 0.2) is 5.82 Å². The molecule has 0 saturated carbocycles. The highest BCUT2D eigenvalue weighted by Gasteiger charge is 2.29. The largest absolute Gasteiger partial charge is 0.598 e. The molecule has 2 aromatic rings. The molecule has 114 valence electrons. The van der Waals surface area contributed by atoms with E-state index >= 15 is 0 Å². The van der Waals surface area contributed by atoms with Gasteiger partial charge in [0.25, 0.3) is 0 Å². The summed E-state index contributed by atoms with van der Waals surface area (Å²) in [4.78, 5) is 8.71. The van der Waals surface area contributed by atoms with Gasteiger partial charge in [0.05, 0.1) is 0 Å². The lowest BCUT2D eigenvalue weighted by Crippen LogP contribution is -2.40. The summed E-state index contributed by atoms with van der Waals surface area (Å²) < 4.78 is 19.3. The molecule has 2 atom stereocenters. The van der Waals surface area contributed by atoms with E-state index < -0.39 is 11.4 Å². The second-order valence-electron chi connectivity index (χ2n) is 5.86. The molecule has 0 fully saturated rings. The molecule has 0 saturated heterocycles. The van der Waals surface area contributed by atoms with Crippen LogP contribution in [0, 0.1) is 6.92 Å². The van der Waals surface area contributed by atoms with Crippen molar-refractivity contribution in [3.05, 3.63) is 29.0 Å². The van der Waals surface area contributed by atoms with Crippen LogP contribution in [0.2, 0.25) is 0 Å². The Labute approximate surface area is 132 Å². The fraction of sp³-hybridized carbons (Fsp3) is 0.500. The Kier molecular flexibility index (Phi) is 4.98. The van der Waals surface area contributed by atoms with Gasteiger partial charge in [-0.25, -0.2) is 4.98 Å². The van der Waals surface area contributed by atoms with Gasteiger partial charge in [0.2, 0.25) is 0 Å². The molecule has 7 heteroatoms. The van der Waals surface area contributed by atoms with E-state index in [1.54, 1.807) is 6.20 Å². The molecule has 1 N–H and O–H groups in total. The average molecular weight is 324 g/mol. The number of aromatic nitrogens is 3. The van der Waals surface area contributed by atoms with Crippen molar-refractivity contribution in [2.24, 2.45) is 0 Å². The van der Waals surface area contributed by atoms with Gasteiger partial charge in [-0.05, 0) is 58.3 Å². The topological polar surface area (TPSA) is 73.8 Å². The highest BCUT2D eigenvalue weighted by atomic mass is 32.2. The highest BCUT2D eigenvalue weighted by molar-refractivity contribution is 7.90. The zero-order valence-corrected chi connectivity index (χ0v) is 14.5. The van der Waals surface area contributed by atoms with Crippen molar-refractivity contribution >= 4 is 22.9 Å². The summed E-state index contributed by atoms with van der Waals surface area (Å²) in [6.07, 6.45) is 1.75. The van der Waals surface area contributed by atoms with Gasteiger partial charge in [-0.1, -0.05) is 0 Å². The molecular weight excluding hydrogens is 304 g/mol. The molecule has 2 rings (SSSR count). The maximum atomic E-state index is 12.1. The van der Waals surface area contributed by atoms with Gasteiger partial charge in [-0.2, -0.15) is 4.37 Å². The van der Waals surface area contributed by atoms with E-state index in [1.165, 1.54) is 11.5 Å². The summed E-state index contributed by atoms with van der Waals surface area (Å²) in [6, 6.07) is 3.75. The summed E-state index contributed by atoms with van der Waals surface area (Å²) in [5.41, 5.74) is 1.89. The third-order valence-corrected chi connectivity index (χ3v) is 5.38. The molecule has 5 nitrogen and oxygen atoms in total. The predicted octanol–water partition coefficient (Wildman–Crippen LogP) is 3.02. The van der Waals surface area contributed by atoms with Crippen LogP contribution in [-0.2, 0) is 11.4 Å². The lowest BCUT2D eigenvalue weighted by molar-refractivity contribution is 0.531. The second kappa shape index (κ2) is 6.39. The van der Waals surface area contributed by atoms with E-state index in [0.29, 0.717) is 5.82 Å². The molecule has 0 aromatic carbocycles. The first-order valence-electron chi connectivity index (χ1n) is 6.72. The number of aryl methyl sites for hydroxylation is 1. The van der Waals surface area contributed by atoms with E-state index in [1.807, 2.05) is 46.8 Å². The van der Waals surface area contributed by atoms with E-state index in [4.69, 9.17) is 0 Å². The minimum Gasteiger partial charge on any atom is -0.598 e. The Morgan fingerprint density at radius 3 is 2.71 bits per heavy atom. The molecule has 1 unspecified atom stereocenters. The molecule has 0 bridgehead atoms. The van der Waals surface area contributed by atoms with E-state index in [0.717, 1.165) is 16.3 Å². The third-order valence-electron chi connectivity index (χ3n) is 2.81. The van der Waals surface area contributed by atoms with Crippen LogP contribution in [0.4, 0.5) is 0 Å². The molecule has 2 heterocycles. The zero-order chi connectivity index (χ0) is 15.6. The van der Waals surface area contributed by atoms with Crippen molar-refractivity contribution in [1.29, 1.82) is 0 Å². The first-order valence-corrected chi connectivity index (χ1v) is 8.64. The number of nitrogens with zero attached hydrogens (tertiary/aromatic N) is 3. The number of nitrogens with one attached hydrogen (secondary N) is 1. The third kappa shape index (κ3) is 4.23. The van der Waals surface area contributed by atoms with Gasteiger partial charge >= 0.3 is 0 Å². The van der Waals surface area contributed by atoms with Crippen molar-refractivity contribution < 1.29 is 4.55 Å². The molecule has 0 aliphatic heterocycles. The molecule has 0 radical (unpaired) electrons. The Morgan fingerprint density at radius 2 is 2.10 bits per heavy atom. The lowest BCUT2D eigenvalue weighted by atomic mass is 10.2. The van der Waals surface area contributed by atoms with Crippen LogP contribution in [-0.4, -0.2) is 23.6 Å². The Bertz CT molecular complexity index is 609. The molecule has 21 heavy (non-hydrogen) atoms. The van der Waals surface area contributed by atoms with E-state index in [2.05, 4.69) is 19.1 Å². The van der Waals surface area contributed by atoms with Gasteiger partial charge in [0, 0.05) is 28.8 Å². The Hall–Kier alpha value is -1.02. The van der Waals surface area contributed by atoms with Crippen LogP contribution in [0.3, 0.4) is 0 Å². The predicted molar refractivity (Wildman–Crippen MR) is 87.3 cm³/mol. The van der Waals surface area contributed by atoms with Gasteiger partial charge in [-0.15, -0.1) is 4.72 Å². The normalized spacial score (nSPS) is 15.0. The maximum absolute atomic E-state index is 12.1. The maximum Gasteiger partial charge on any atom is 0.173 e. The Balaban J connectivity index is 2.13. The quantitative estimate of drug-likeness (QED) is 0.875. The summed E-state index contributed by atoms with van der Waals surface area (Å²) in [5, 5.41) is 0.831. The van der Waals surface area contributed by atoms with Gasteiger partial charge in [-0.3, -0.25) is 4.98 Å². The minimum atomic E-state index is -1.13. The minimum absolute atomic E-state index is 0.0979. The fourth-order valence-electron chi connectivity index (χ4n) is 1.60. The summed E-state index contributed by atoms with van der Waals surface area (Å²) in [5.74, 6) is 0.690. The summed E-state index contributed by atoms with van der Waals surface area (Å²) in [7, 11) is 0. The van der Waals surface area contributed by atoms with Crippen molar-refractivity contribution in [3.8, 4) is 11.4 Å². The van der Waals surface area contributed by atoms with E-state index in [9.17, 15) is 4.55 Å². The van der Waals surface area contributed by atoms with Crippen LogP contribution in [0.15, 0.2) is 18.3 Å². The first-order chi connectivity index (χ1) is 9.77. The lowest BCUT2D eigenvalue weighted by Gasteiger charge is -2.25. The number of pyridine rings is 1. The van der Waals surface area contributed by atoms with Crippen LogP contribution < -0.4 is 4.72 Å². The SMILES string of the molecule is Cc1cc(-c2nsc([C@@H](C)N[S+]([O-])C(C)(C)C)n2)ccn1. The van der Waals surface area contributed by atoms with Crippen LogP contribution in [0.1, 0.15) is 44.4 Å². The zero-order valence-electron chi connectivity index (χ0n) is 12.9. The van der Waals surface area contributed by atoms with Crippen LogP contribution in [0.5, 0.6) is 0 Å². The number of hydrogen-bond donors (Lipinski definition) is 1. The van der Waals surface area contributed by atoms with Crippen molar-refractivity contribution in [2.45, 2.75) is 45.4 Å². The first kappa shape index (κ1) is 16.4. The molecule has 2 aromatic heterocycles. The number of rotatable bonds is 4.